The van der Waals surface area contributed by atoms with Gasteiger partial charge in [0, 0.05) is 24.2 Å². The van der Waals surface area contributed by atoms with Crippen molar-refractivity contribution in [2.24, 2.45) is 5.73 Å². The number of aromatic hydroxyl groups is 1. The van der Waals surface area contributed by atoms with E-state index in [0.29, 0.717) is 37.4 Å². The van der Waals surface area contributed by atoms with E-state index in [0.717, 1.165) is 36.8 Å². The van der Waals surface area contributed by atoms with E-state index in [1.807, 2.05) is 32.1 Å². The molecule has 5 heteroatoms. The smallest absolute Gasteiger partial charge is 0.253 e. The molecular weight excluding hydrogens is 400 g/mol. The highest BCUT2D eigenvalue weighted by Crippen LogP contribution is 2.40. The monoisotopic (exact) mass is 438 g/mol. The summed E-state index contributed by atoms with van der Waals surface area (Å²) in [6.07, 6.45) is 13.2. The molecule has 0 aliphatic carbocycles. The third-order valence-electron chi connectivity index (χ3n) is 6.03. The number of amides is 1. The minimum atomic E-state index is -0.412. The van der Waals surface area contributed by atoms with Crippen molar-refractivity contribution < 1.29 is 14.6 Å². The van der Waals surface area contributed by atoms with Crippen molar-refractivity contribution in [3.8, 4) is 5.75 Å². The minimum absolute atomic E-state index is 0.0750. The molecule has 0 fully saturated rings. The molecular formula is C27H38N2O3. The van der Waals surface area contributed by atoms with Gasteiger partial charge in [0.25, 0.3) is 5.91 Å². The van der Waals surface area contributed by atoms with E-state index in [-0.39, 0.29) is 11.7 Å². The zero-order chi connectivity index (χ0) is 23.6. The van der Waals surface area contributed by atoms with Gasteiger partial charge in [-0.15, -0.1) is 0 Å². The van der Waals surface area contributed by atoms with Gasteiger partial charge >= 0.3 is 0 Å². The van der Waals surface area contributed by atoms with E-state index in [1.54, 1.807) is 23.1 Å². The van der Waals surface area contributed by atoms with E-state index < -0.39 is 5.60 Å². The fourth-order valence-corrected chi connectivity index (χ4v) is 4.01. The van der Waals surface area contributed by atoms with Gasteiger partial charge in [0.2, 0.25) is 0 Å². The molecule has 1 aromatic carbocycles. The number of ether oxygens (including phenoxy) is 1. The Morgan fingerprint density at radius 3 is 2.66 bits per heavy atom. The molecule has 0 aromatic heterocycles. The summed E-state index contributed by atoms with van der Waals surface area (Å²) in [5.41, 5.74) is 8.54. The normalized spacial score (nSPS) is 19.9. The maximum absolute atomic E-state index is 12.7. The molecule has 1 aliphatic heterocycles. The standard InChI is InChI=1S/C27H38N2O3/c1-5-9-10-11-13-22-20-32-27(6-2,16-12-17-28)19-24(22)23-15-14-21(18-25(23)30)26(31)29(7-3)8-4/h5,9-10,13-15,18-19,30H,1,6-8,11-12,16-17,20,28H2,2-4H3/b10-9-,22-13+. The van der Waals surface area contributed by atoms with Crippen molar-refractivity contribution in [2.75, 3.05) is 26.2 Å². The zero-order valence-corrected chi connectivity index (χ0v) is 19.8. The molecule has 0 spiro atoms. The van der Waals surface area contributed by atoms with Crippen LogP contribution in [0.5, 0.6) is 5.75 Å². The molecule has 0 saturated carbocycles. The van der Waals surface area contributed by atoms with Gasteiger partial charge in [-0.1, -0.05) is 37.8 Å². The molecule has 2 rings (SSSR count). The number of phenolic OH excluding ortho intramolecular Hbond substituents is 1. The summed E-state index contributed by atoms with van der Waals surface area (Å²) in [6.45, 7) is 12.0. The van der Waals surface area contributed by atoms with Crippen LogP contribution in [-0.4, -0.2) is 47.8 Å². The van der Waals surface area contributed by atoms with Gasteiger partial charge in [0.1, 0.15) is 5.75 Å². The molecule has 0 saturated heterocycles. The Bertz CT molecular complexity index is 881. The molecule has 1 unspecified atom stereocenters. The molecule has 3 N–H and O–H groups in total. The van der Waals surface area contributed by atoms with Crippen LogP contribution in [0.2, 0.25) is 0 Å². The number of rotatable bonds is 11. The van der Waals surface area contributed by atoms with Crippen LogP contribution in [0.25, 0.3) is 5.57 Å². The van der Waals surface area contributed by atoms with E-state index in [1.165, 1.54) is 0 Å². The molecule has 0 radical (unpaired) electrons. The molecule has 1 amide bonds. The zero-order valence-electron chi connectivity index (χ0n) is 19.8. The molecule has 1 aromatic rings. The molecule has 32 heavy (non-hydrogen) atoms. The van der Waals surface area contributed by atoms with E-state index in [4.69, 9.17) is 10.5 Å². The Hall–Kier alpha value is -2.63. The lowest BCUT2D eigenvalue weighted by atomic mass is 9.84. The lowest BCUT2D eigenvalue weighted by Gasteiger charge is -2.36. The van der Waals surface area contributed by atoms with E-state index in [2.05, 4.69) is 25.7 Å². The molecule has 0 bridgehead atoms. The number of carbonyl (C=O) groups excluding carboxylic acids is 1. The average molecular weight is 439 g/mol. The van der Waals surface area contributed by atoms with Crippen LogP contribution in [0.1, 0.15) is 62.4 Å². The number of benzene rings is 1. The summed E-state index contributed by atoms with van der Waals surface area (Å²) in [6, 6.07) is 5.23. The van der Waals surface area contributed by atoms with Crippen molar-refractivity contribution in [3.05, 3.63) is 71.9 Å². The van der Waals surface area contributed by atoms with Crippen molar-refractivity contribution in [1.29, 1.82) is 0 Å². The van der Waals surface area contributed by atoms with Gasteiger partial charge in [-0.05, 0) is 81.5 Å². The lowest BCUT2D eigenvalue weighted by Crippen LogP contribution is -2.35. The van der Waals surface area contributed by atoms with Crippen LogP contribution >= 0.6 is 0 Å². The third kappa shape index (κ3) is 6.21. The topological polar surface area (TPSA) is 75.8 Å². The van der Waals surface area contributed by atoms with Crippen molar-refractivity contribution in [2.45, 2.75) is 52.1 Å². The number of carbonyl (C=O) groups is 1. The van der Waals surface area contributed by atoms with Crippen LogP contribution < -0.4 is 5.73 Å². The second-order valence-electron chi connectivity index (χ2n) is 8.00. The predicted molar refractivity (Wildman–Crippen MR) is 133 cm³/mol. The first-order valence-electron chi connectivity index (χ1n) is 11.6. The molecule has 1 heterocycles. The van der Waals surface area contributed by atoms with Gasteiger partial charge in [-0.25, -0.2) is 0 Å². The van der Waals surface area contributed by atoms with Crippen LogP contribution in [0, 0.1) is 0 Å². The Balaban J connectivity index is 2.50. The first-order chi connectivity index (χ1) is 15.4. The number of allylic oxidation sites excluding steroid dienone is 4. The third-order valence-corrected chi connectivity index (χ3v) is 6.03. The SMILES string of the molecule is C=C/C=C\C/C=C1\COC(CC)(CCCN)C=C1c1ccc(C(=O)N(CC)CC)cc1O. The average Bonchev–Trinajstić information content (AvgIpc) is 2.81. The van der Waals surface area contributed by atoms with Gasteiger partial charge in [-0.3, -0.25) is 4.79 Å². The summed E-state index contributed by atoms with van der Waals surface area (Å²) in [5.74, 6) is 0.0292. The van der Waals surface area contributed by atoms with Crippen molar-refractivity contribution in [1.82, 2.24) is 4.90 Å². The highest BCUT2D eigenvalue weighted by atomic mass is 16.5. The number of hydrogen-bond acceptors (Lipinski definition) is 4. The maximum atomic E-state index is 12.7. The number of nitrogens with two attached hydrogens (primary N) is 1. The van der Waals surface area contributed by atoms with Gasteiger partial charge in [0.15, 0.2) is 0 Å². The van der Waals surface area contributed by atoms with Crippen LogP contribution in [0.4, 0.5) is 0 Å². The molecule has 1 atom stereocenters. The minimum Gasteiger partial charge on any atom is -0.507 e. The number of hydrogen-bond donors (Lipinski definition) is 2. The largest absolute Gasteiger partial charge is 0.507 e. The van der Waals surface area contributed by atoms with Crippen molar-refractivity contribution in [3.63, 3.8) is 0 Å². The second-order valence-corrected chi connectivity index (χ2v) is 8.00. The molecule has 5 nitrogen and oxygen atoms in total. The Morgan fingerprint density at radius 1 is 1.31 bits per heavy atom. The summed E-state index contributed by atoms with van der Waals surface area (Å²) >= 11 is 0. The summed E-state index contributed by atoms with van der Waals surface area (Å²) in [4.78, 5) is 14.5. The summed E-state index contributed by atoms with van der Waals surface area (Å²) in [5, 5.41) is 10.9. The Labute approximate surface area is 192 Å². The fourth-order valence-electron chi connectivity index (χ4n) is 4.01. The number of nitrogens with zero attached hydrogens (tertiary/aromatic N) is 1. The molecule has 174 valence electrons. The van der Waals surface area contributed by atoms with Gasteiger partial charge in [0.05, 0.1) is 12.2 Å². The number of phenols is 1. The quantitative estimate of drug-likeness (QED) is 0.464. The Kier molecular flexibility index (Phi) is 9.95. The van der Waals surface area contributed by atoms with Gasteiger partial charge in [-0.2, -0.15) is 0 Å². The highest BCUT2D eigenvalue weighted by molar-refractivity contribution is 5.96. The maximum Gasteiger partial charge on any atom is 0.253 e. The lowest BCUT2D eigenvalue weighted by molar-refractivity contribution is -0.00859. The van der Waals surface area contributed by atoms with Crippen LogP contribution in [-0.2, 0) is 4.74 Å². The summed E-state index contributed by atoms with van der Waals surface area (Å²) < 4.78 is 6.31. The first kappa shape index (κ1) is 25.6. The van der Waals surface area contributed by atoms with Crippen LogP contribution in [0.3, 0.4) is 0 Å². The predicted octanol–water partition coefficient (Wildman–Crippen LogP) is 5.23. The van der Waals surface area contributed by atoms with Gasteiger partial charge < -0.3 is 20.5 Å². The Morgan fingerprint density at radius 2 is 2.06 bits per heavy atom. The first-order valence-corrected chi connectivity index (χ1v) is 11.6. The highest BCUT2D eigenvalue weighted by Gasteiger charge is 2.32. The summed E-state index contributed by atoms with van der Waals surface area (Å²) in [7, 11) is 0. The van der Waals surface area contributed by atoms with E-state index >= 15 is 0 Å². The fraction of sp³-hybridized carbons (Fsp3) is 0.444. The molecule has 1 aliphatic rings. The van der Waals surface area contributed by atoms with Crippen molar-refractivity contribution >= 4 is 11.5 Å². The van der Waals surface area contributed by atoms with Crippen LogP contribution in [0.15, 0.2) is 60.7 Å². The second kappa shape index (κ2) is 12.4. The van der Waals surface area contributed by atoms with E-state index in [9.17, 15) is 9.90 Å².